The van der Waals surface area contributed by atoms with E-state index in [0.717, 1.165) is 48.4 Å². The Kier molecular flexibility index (Phi) is 8.50. The molecule has 0 bridgehead atoms. The van der Waals surface area contributed by atoms with E-state index in [1.165, 1.54) is 42.9 Å². The molecule has 0 atom stereocenters. The molecule has 0 saturated carbocycles. The van der Waals surface area contributed by atoms with E-state index >= 15 is 0 Å². The van der Waals surface area contributed by atoms with E-state index < -0.39 is 20.7 Å². The third-order valence-electron chi connectivity index (χ3n) is 8.10. The molecule has 45 heavy (non-hydrogen) atoms. The number of anilines is 3. The van der Waals surface area contributed by atoms with Crippen LogP contribution in [0.2, 0.25) is 0 Å². The van der Waals surface area contributed by atoms with E-state index in [0.29, 0.717) is 27.5 Å². The number of aryl methyl sites for hydroxylation is 1. The van der Waals surface area contributed by atoms with Crippen molar-refractivity contribution in [3.8, 4) is 11.3 Å². The van der Waals surface area contributed by atoms with Crippen LogP contribution in [0.4, 0.5) is 21.6 Å². The molecule has 0 aliphatic carbocycles. The lowest BCUT2D eigenvalue weighted by molar-refractivity contribution is -0.128. The van der Waals surface area contributed by atoms with Crippen molar-refractivity contribution in [2.75, 3.05) is 29.9 Å². The third kappa shape index (κ3) is 6.52. The molecule has 1 aliphatic heterocycles. The molecule has 1 N–H and O–H groups in total. The van der Waals surface area contributed by atoms with E-state index in [9.17, 15) is 17.6 Å². The number of nitrogens with one attached hydrogen (secondary N) is 1. The SMILES string of the molecule is Cc1ccc(S(=O)(=O)N(OC=O)c2ccc(Nc3cc(-c4ccc5c(ccn5CC5CCN(C)CC5)c4)ncn3)cc2)c(F)c1. The van der Waals surface area contributed by atoms with Crippen LogP contribution in [0.25, 0.3) is 22.2 Å². The predicted molar refractivity (Wildman–Crippen MR) is 171 cm³/mol. The molecule has 5 aromatic rings. The van der Waals surface area contributed by atoms with Gasteiger partial charge in [0.15, 0.2) is 0 Å². The average Bonchev–Trinajstić information content (AvgIpc) is 3.43. The van der Waals surface area contributed by atoms with Crippen molar-refractivity contribution >= 4 is 44.6 Å². The van der Waals surface area contributed by atoms with Crippen LogP contribution in [-0.2, 0) is 26.2 Å². The fraction of sp³-hybridized carbons (Fsp3) is 0.242. The van der Waals surface area contributed by atoms with Gasteiger partial charge in [-0.05, 0) is 106 Å². The van der Waals surface area contributed by atoms with Crippen molar-refractivity contribution in [2.45, 2.75) is 31.2 Å². The molecular formula is C33H33FN6O4S. The monoisotopic (exact) mass is 628 g/mol. The smallest absolute Gasteiger partial charge is 0.322 e. The number of fused-ring (bicyclic) bond motifs is 1. The molecule has 6 rings (SSSR count). The summed E-state index contributed by atoms with van der Waals surface area (Å²) in [5.74, 6) is 0.266. The molecule has 12 heteroatoms. The number of hydrogen-bond acceptors (Lipinski definition) is 8. The molecule has 0 spiro atoms. The summed E-state index contributed by atoms with van der Waals surface area (Å²) in [5.41, 5.74) is 4.05. The van der Waals surface area contributed by atoms with E-state index in [-0.39, 0.29) is 12.2 Å². The Bertz CT molecular complexity index is 1940. The molecule has 1 fully saturated rings. The normalized spacial score (nSPS) is 14.4. The van der Waals surface area contributed by atoms with Crippen LogP contribution in [0, 0.1) is 18.7 Å². The van der Waals surface area contributed by atoms with Gasteiger partial charge in [-0.3, -0.25) is 4.79 Å². The van der Waals surface area contributed by atoms with Crippen LogP contribution in [0.5, 0.6) is 0 Å². The van der Waals surface area contributed by atoms with E-state index in [1.54, 1.807) is 19.1 Å². The highest BCUT2D eigenvalue weighted by molar-refractivity contribution is 7.92. The van der Waals surface area contributed by atoms with Crippen LogP contribution >= 0.6 is 0 Å². The maximum absolute atomic E-state index is 14.5. The maximum atomic E-state index is 14.5. The fourth-order valence-corrected chi connectivity index (χ4v) is 6.91. The summed E-state index contributed by atoms with van der Waals surface area (Å²) in [6.07, 6.45) is 6.06. The van der Waals surface area contributed by atoms with E-state index in [4.69, 9.17) is 4.84 Å². The minimum Gasteiger partial charge on any atom is -0.347 e. The van der Waals surface area contributed by atoms with Gasteiger partial charge in [-0.25, -0.2) is 14.4 Å². The zero-order valence-electron chi connectivity index (χ0n) is 24.9. The van der Waals surface area contributed by atoms with Crippen LogP contribution in [0.3, 0.4) is 0 Å². The number of carbonyl (C=O) groups is 1. The number of sulfonamides is 1. The van der Waals surface area contributed by atoms with Gasteiger partial charge < -0.3 is 19.6 Å². The van der Waals surface area contributed by atoms with Crippen molar-refractivity contribution in [1.29, 1.82) is 0 Å². The van der Waals surface area contributed by atoms with Crippen molar-refractivity contribution in [2.24, 2.45) is 5.92 Å². The molecule has 232 valence electrons. The number of carbonyl (C=O) groups excluding carboxylic acids is 1. The molecule has 0 amide bonds. The lowest BCUT2D eigenvalue weighted by Gasteiger charge is -2.29. The molecule has 3 heterocycles. The van der Waals surface area contributed by atoms with Crippen molar-refractivity contribution in [3.63, 3.8) is 0 Å². The van der Waals surface area contributed by atoms with E-state index in [1.807, 2.05) is 6.07 Å². The number of rotatable bonds is 10. The van der Waals surface area contributed by atoms with Gasteiger partial charge in [0.25, 0.3) is 10.0 Å². The molecule has 10 nitrogen and oxygen atoms in total. The topological polar surface area (TPSA) is 110 Å². The molecule has 1 saturated heterocycles. The second-order valence-electron chi connectivity index (χ2n) is 11.3. The second kappa shape index (κ2) is 12.7. The average molecular weight is 629 g/mol. The van der Waals surface area contributed by atoms with E-state index in [2.05, 4.69) is 62.3 Å². The summed E-state index contributed by atoms with van der Waals surface area (Å²) in [6.45, 7) is 4.92. The molecule has 3 aromatic carbocycles. The third-order valence-corrected chi connectivity index (χ3v) is 9.72. The number of piperidine rings is 1. The first-order valence-corrected chi connectivity index (χ1v) is 16.0. The summed E-state index contributed by atoms with van der Waals surface area (Å²) in [7, 11) is -2.35. The van der Waals surface area contributed by atoms with Gasteiger partial charge >= 0.3 is 6.47 Å². The molecule has 0 radical (unpaired) electrons. The van der Waals surface area contributed by atoms with Gasteiger partial charge in [0, 0.05) is 41.0 Å². The van der Waals surface area contributed by atoms with Crippen molar-refractivity contribution < 1.29 is 22.4 Å². The van der Waals surface area contributed by atoms with Gasteiger partial charge in [-0.15, -0.1) is 0 Å². The zero-order chi connectivity index (χ0) is 31.6. The highest BCUT2D eigenvalue weighted by Crippen LogP contribution is 2.30. The minimum atomic E-state index is -4.54. The highest BCUT2D eigenvalue weighted by atomic mass is 32.2. The summed E-state index contributed by atoms with van der Waals surface area (Å²) in [4.78, 5) is 26.5. The standard InChI is InChI=1S/C33H33FN6O4S/c1-23-3-10-32(29(34)17-23)45(42,43)40(44-22-41)28-7-5-27(6-8-28)37-33-19-30(35-21-36-33)25-4-9-31-26(18-25)13-16-39(31)20-24-11-14-38(2)15-12-24/h3-10,13,16-19,21-22,24H,11-12,14-15,20H2,1-2H3,(H,35,36,37). The first-order chi connectivity index (χ1) is 21.7. The maximum Gasteiger partial charge on any atom is 0.322 e. The first-order valence-electron chi connectivity index (χ1n) is 14.6. The molecule has 2 aromatic heterocycles. The number of hydrogen-bond donors (Lipinski definition) is 1. The van der Waals surface area contributed by atoms with Gasteiger partial charge in [0.2, 0.25) is 0 Å². The molecule has 0 unspecified atom stereocenters. The summed E-state index contributed by atoms with van der Waals surface area (Å²) in [5, 5.41) is 4.34. The lowest BCUT2D eigenvalue weighted by Crippen LogP contribution is -2.31. The van der Waals surface area contributed by atoms with Crippen LogP contribution in [0.1, 0.15) is 18.4 Å². The van der Waals surface area contributed by atoms with Crippen LogP contribution in [-0.4, -0.2) is 54.5 Å². The Morgan fingerprint density at radius 3 is 2.53 bits per heavy atom. The fourth-order valence-electron chi connectivity index (χ4n) is 5.64. The Labute approximate surface area is 261 Å². The van der Waals surface area contributed by atoms with Gasteiger partial charge in [0.1, 0.15) is 22.9 Å². The van der Waals surface area contributed by atoms with Gasteiger partial charge in [-0.2, -0.15) is 8.42 Å². The predicted octanol–water partition coefficient (Wildman–Crippen LogP) is 5.91. The van der Waals surface area contributed by atoms with Crippen LogP contribution in [0.15, 0.2) is 90.2 Å². The molecule has 1 aliphatic rings. The number of nitrogens with zero attached hydrogens (tertiary/aromatic N) is 5. The molecular weight excluding hydrogens is 595 g/mol. The Morgan fingerprint density at radius 1 is 1.02 bits per heavy atom. The minimum absolute atomic E-state index is 0.00654. The summed E-state index contributed by atoms with van der Waals surface area (Å²) >= 11 is 0. The van der Waals surface area contributed by atoms with Crippen molar-refractivity contribution in [1.82, 2.24) is 19.4 Å². The van der Waals surface area contributed by atoms with Gasteiger partial charge in [-0.1, -0.05) is 16.6 Å². The summed E-state index contributed by atoms with van der Waals surface area (Å²) < 4.78 is 43.6. The Morgan fingerprint density at radius 2 is 1.80 bits per heavy atom. The first kappa shape index (κ1) is 30.2. The number of halogens is 1. The second-order valence-corrected chi connectivity index (χ2v) is 13.0. The Hall–Kier alpha value is -4.81. The summed E-state index contributed by atoms with van der Waals surface area (Å²) in [6, 6.07) is 20.0. The number of likely N-dealkylation sites (tertiary alicyclic amines) is 1. The quantitative estimate of drug-likeness (QED) is 0.150. The number of benzene rings is 3. The lowest BCUT2D eigenvalue weighted by atomic mass is 9.97. The number of aromatic nitrogens is 3. The van der Waals surface area contributed by atoms with Crippen molar-refractivity contribution in [3.05, 3.63) is 96.7 Å². The highest BCUT2D eigenvalue weighted by Gasteiger charge is 2.30. The Balaban J connectivity index is 1.18. The van der Waals surface area contributed by atoms with Gasteiger partial charge in [0.05, 0.1) is 11.4 Å². The largest absolute Gasteiger partial charge is 0.347 e. The zero-order valence-corrected chi connectivity index (χ0v) is 25.7. The van der Waals surface area contributed by atoms with Crippen LogP contribution < -0.4 is 9.79 Å².